The number of carbonyl (C=O) groups excluding carboxylic acids is 2. The molecule has 11 heteroatoms. The molecule has 1 unspecified atom stereocenters. The van der Waals surface area contributed by atoms with E-state index >= 15 is 0 Å². The Bertz CT molecular complexity index is 1410. The molecule has 1 atom stereocenters. The topological polar surface area (TPSA) is 86.3 Å². The maximum Gasteiger partial charge on any atom is 0.407 e. The molecule has 3 rings (SSSR count). The standard InChI is InChI=1S/C31H35BrCl2N2O6/c1-31(2,3)42-30(38)35-17-21(13-19-7-12-26(39-5)28(14-19)40-6)29(37)36(4)18-20-8-9-22(32)15-27(20)41-23-10-11-24(33)25(34)16-23/h7-12,14-16,21H,13,17-18H2,1-6H3,(H,35,38). The second-order valence-electron chi connectivity index (χ2n) is 10.6. The fourth-order valence-corrected chi connectivity index (χ4v) is 4.75. The number of carbonyl (C=O) groups is 2. The summed E-state index contributed by atoms with van der Waals surface area (Å²) in [7, 11) is 4.82. The van der Waals surface area contributed by atoms with Crippen LogP contribution in [0.5, 0.6) is 23.0 Å². The van der Waals surface area contributed by atoms with Crippen molar-refractivity contribution in [1.82, 2.24) is 10.2 Å². The lowest BCUT2D eigenvalue weighted by Crippen LogP contribution is -2.42. The van der Waals surface area contributed by atoms with Crippen LogP contribution in [0.15, 0.2) is 59.1 Å². The van der Waals surface area contributed by atoms with Gasteiger partial charge in [0.15, 0.2) is 11.5 Å². The Morgan fingerprint density at radius 3 is 2.29 bits per heavy atom. The third-order valence-corrected chi connectivity index (χ3v) is 7.34. The molecule has 0 aliphatic carbocycles. The van der Waals surface area contributed by atoms with Gasteiger partial charge in [-0.2, -0.15) is 0 Å². The van der Waals surface area contributed by atoms with Crippen molar-refractivity contribution >= 4 is 51.1 Å². The van der Waals surface area contributed by atoms with E-state index in [1.807, 2.05) is 30.3 Å². The molecule has 0 saturated carbocycles. The first-order valence-electron chi connectivity index (χ1n) is 13.1. The number of halogens is 3. The highest BCUT2D eigenvalue weighted by Crippen LogP contribution is 2.33. The monoisotopic (exact) mass is 680 g/mol. The number of rotatable bonds is 11. The third kappa shape index (κ3) is 9.71. The SMILES string of the molecule is COc1ccc(CC(CNC(=O)OC(C)(C)C)C(=O)N(C)Cc2ccc(Br)cc2Oc2ccc(Cl)c(Cl)c2)cc1OC. The average molecular weight is 682 g/mol. The van der Waals surface area contributed by atoms with Crippen molar-refractivity contribution in [1.29, 1.82) is 0 Å². The van der Waals surface area contributed by atoms with Gasteiger partial charge in [0.25, 0.3) is 0 Å². The Morgan fingerprint density at radius 1 is 0.929 bits per heavy atom. The van der Waals surface area contributed by atoms with Crippen LogP contribution in [0.1, 0.15) is 31.9 Å². The van der Waals surface area contributed by atoms with Crippen LogP contribution in [-0.2, 0) is 22.5 Å². The van der Waals surface area contributed by atoms with E-state index in [2.05, 4.69) is 21.2 Å². The van der Waals surface area contributed by atoms with Crippen LogP contribution in [0.2, 0.25) is 10.0 Å². The first-order chi connectivity index (χ1) is 19.8. The summed E-state index contributed by atoms with van der Waals surface area (Å²) in [4.78, 5) is 27.9. The first-order valence-corrected chi connectivity index (χ1v) is 14.7. The fraction of sp³-hybridized carbons (Fsp3) is 0.355. The molecule has 2 amide bonds. The molecule has 0 saturated heterocycles. The number of methoxy groups -OCH3 is 2. The predicted molar refractivity (Wildman–Crippen MR) is 168 cm³/mol. The van der Waals surface area contributed by atoms with Crippen molar-refractivity contribution in [3.63, 3.8) is 0 Å². The summed E-state index contributed by atoms with van der Waals surface area (Å²) in [6.45, 7) is 5.66. The zero-order valence-electron chi connectivity index (χ0n) is 24.4. The Hall–Kier alpha value is -3.14. The minimum Gasteiger partial charge on any atom is -0.493 e. The molecule has 0 radical (unpaired) electrons. The van der Waals surface area contributed by atoms with Gasteiger partial charge in [-0.05, 0) is 69.2 Å². The van der Waals surface area contributed by atoms with Gasteiger partial charge >= 0.3 is 6.09 Å². The van der Waals surface area contributed by atoms with Gasteiger partial charge in [-0.25, -0.2) is 4.79 Å². The molecule has 0 aromatic heterocycles. The van der Waals surface area contributed by atoms with Crippen molar-refractivity contribution in [2.45, 2.75) is 39.3 Å². The van der Waals surface area contributed by atoms with Crippen molar-refractivity contribution in [3.8, 4) is 23.0 Å². The summed E-state index contributed by atoms with van der Waals surface area (Å²) in [5.74, 6) is 1.41. The number of amides is 2. The van der Waals surface area contributed by atoms with Gasteiger partial charge in [-0.15, -0.1) is 0 Å². The molecule has 0 bridgehead atoms. The van der Waals surface area contributed by atoms with E-state index in [1.165, 1.54) is 0 Å². The van der Waals surface area contributed by atoms with Crippen molar-refractivity contribution < 1.29 is 28.5 Å². The van der Waals surface area contributed by atoms with Gasteiger partial charge in [0, 0.05) is 36.2 Å². The lowest BCUT2D eigenvalue weighted by atomic mass is 9.97. The molecule has 0 fully saturated rings. The van der Waals surface area contributed by atoms with Crippen molar-refractivity contribution in [3.05, 3.63) is 80.2 Å². The molecular weight excluding hydrogens is 647 g/mol. The minimum absolute atomic E-state index is 0.0688. The highest BCUT2D eigenvalue weighted by atomic mass is 79.9. The summed E-state index contributed by atoms with van der Waals surface area (Å²) in [6, 6.07) is 16.1. The van der Waals surface area contributed by atoms with Crippen LogP contribution in [0, 0.1) is 5.92 Å². The van der Waals surface area contributed by atoms with Crippen LogP contribution in [0.4, 0.5) is 4.79 Å². The van der Waals surface area contributed by atoms with E-state index in [0.29, 0.717) is 39.5 Å². The Kier molecular flexibility index (Phi) is 11.8. The molecule has 8 nitrogen and oxygen atoms in total. The summed E-state index contributed by atoms with van der Waals surface area (Å²) in [6.07, 6.45) is -0.257. The van der Waals surface area contributed by atoms with Crippen molar-refractivity contribution in [2.75, 3.05) is 27.8 Å². The van der Waals surface area contributed by atoms with Crippen LogP contribution < -0.4 is 19.5 Å². The average Bonchev–Trinajstić information content (AvgIpc) is 2.93. The number of nitrogens with one attached hydrogen (secondary N) is 1. The lowest BCUT2D eigenvalue weighted by molar-refractivity contribution is -0.134. The quantitative estimate of drug-likeness (QED) is 0.221. The molecule has 0 aliphatic rings. The zero-order chi connectivity index (χ0) is 31.0. The summed E-state index contributed by atoms with van der Waals surface area (Å²) in [5, 5.41) is 3.54. The van der Waals surface area contributed by atoms with E-state index in [4.69, 9.17) is 42.1 Å². The number of hydrogen-bond donors (Lipinski definition) is 1. The largest absolute Gasteiger partial charge is 0.493 e. The second-order valence-corrected chi connectivity index (χ2v) is 12.3. The van der Waals surface area contributed by atoms with Gasteiger partial charge in [0.1, 0.15) is 17.1 Å². The smallest absolute Gasteiger partial charge is 0.407 e. The number of ether oxygens (including phenoxy) is 4. The third-order valence-electron chi connectivity index (χ3n) is 6.10. The molecule has 42 heavy (non-hydrogen) atoms. The van der Waals surface area contributed by atoms with Crippen LogP contribution in [0.3, 0.4) is 0 Å². The number of nitrogens with zero attached hydrogens (tertiary/aromatic N) is 1. The highest BCUT2D eigenvalue weighted by Gasteiger charge is 2.26. The molecule has 1 N–H and O–H groups in total. The molecular formula is C31H35BrCl2N2O6. The van der Waals surface area contributed by atoms with Crippen LogP contribution in [-0.4, -0.2) is 50.3 Å². The Morgan fingerprint density at radius 2 is 1.64 bits per heavy atom. The van der Waals surface area contributed by atoms with E-state index in [-0.39, 0.29) is 19.0 Å². The molecule has 3 aromatic rings. The van der Waals surface area contributed by atoms with E-state index in [1.54, 1.807) is 71.2 Å². The molecule has 3 aromatic carbocycles. The van der Waals surface area contributed by atoms with Gasteiger partial charge in [-0.1, -0.05) is 51.3 Å². The van der Waals surface area contributed by atoms with Gasteiger partial charge < -0.3 is 29.2 Å². The fourth-order valence-electron chi connectivity index (χ4n) is 4.13. The zero-order valence-corrected chi connectivity index (χ0v) is 27.5. The molecule has 0 heterocycles. The predicted octanol–water partition coefficient (Wildman–Crippen LogP) is 7.91. The normalized spacial score (nSPS) is 11.8. The maximum atomic E-state index is 13.8. The molecule has 0 spiro atoms. The van der Waals surface area contributed by atoms with Gasteiger partial charge in [0.2, 0.25) is 5.91 Å². The molecule has 0 aliphatic heterocycles. The van der Waals surface area contributed by atoms with E-state index in [9.17, 15) is 9.59 Å². The first kappa shape index (κ1) is 33.4. The second kappa shape index (κ2) is 14.8. The van der Waals surface area contributed by atoms with E-state index in [0.717, 1.165) is 15.6 Å². The van der Waals surface area contributed by atoms with E-state index < -0.39 is 17.6 Å². The molecule has 226 valence electrons. The Balaban J connectivity index is 1.84. The summed E-state index contributed by atoms with van der Waals surface area (Å²) in [5.41, 5.74) is 0.943. The number of alkyl carbamates (subject to hydrolysis) is 1. The highest BCUT2D eigenvalue weighted by molar-refractivity contribution is 9.10. The number of benzene rings is 3. The van der Waals surface area contributed by atoms with Gasteiger partial charge in [-0.3, -0.25) is 4.79 Å². The summed E-state index contributed by atoms with van der Waals surface area (Å²) < 4.78 is 23.1. The minimum atomic E-state index is -0.671. The maximum absolute atomic E-state index is 13.8. The Labute approximate surface area is 265 Å². The van der Waals surface area contributed by atoms with Crippen LogP contribution >= 0.6 is 39.1 Å². The van der Waals surface area contributed by atoms with Gasteiger partial charge in [0.05, 0.1) is 30.2 Å². The lowest BCUT2D eigenvalue weighted by Gasteiger charge is -2.26. The summed E-state index contributed by atoms with van der Waals surface area (Å²) >= 11 is 15.7. The van der Waals surface area contributed by atoms with Crippen molar-refractivity contribution in [2.24, 2.45) is 5.92 Å². The van der Waals surface area contributed by atoms with Crippen LogP contribution in [0.25, 0.3) is 0 Å². The number of hydrogen-bond acceptors (Lipinski definition) is 6.